The molecule has 0 radical (unpaired) electrons. The van der Waals surface area contributed by atoms with Gasteiger partial charge >= 0.3 is 0 Å². The second-order valence-electron chi connectivity index (χ2n) is 6.35. The Labute approximate surface area is 112 Å². The summed E-state index contributed by atoms with van der Waals surface area (Å²) in [6.45, 7) is 7.65. The Bertz CT molecular complexity index is 239. The lowest BCUT2D eigenvalue weighted by Crippen LogP contribution is -2.60. The summed E-state index contributed by atoms with van der Waals surface area (Å²) in [4.78, 5) is 2.70. The van der Waals surface area contributed by atoms with E-state index in [1.165, 1.54) is 45.2 Å². The van der Waals surface area contributed by atoms with E-state index in [2.05, 4.69) is 18.7 Å². The maximum Gasteiger partial charge on any atom is 0.0568 e. The molecule has 18 heavy (non-hydrogen) atoms. The van der Waals surface area contributed by atoms with E-state index in [0.29, 0.717) is 12.2 Å². The molecule has 0 aliphatic carbocycles. The number of rotatable bonds is 2. The van der Waals surface area contributed by atoms with E-state index in [1.54, 1.807) is 0 Å². The molecule has 0 aromatic carbocycles. The van der Waals surface area contributed by atoms with Gasteiger partial charge in [0.05, 0.1) is 12.2 Å². The molecular formula is C15H30N2O. The zero-order valence-electron chi connectivity index (χ0n) is 12.2. The summed E-state index contributed by atoms with van der Waals surface area (Å²) in [5.74, 6) is 0. The van der Waals surface area contributed by atoms with E-state index >= 15 is 0 Å². The van der Waals surface area contributed by atoms with Gasteiger partial charge in [0.15, 0.2) is 0 Å². The Morgan fingerprint density at radius 1 is 1.00 bits per heavy atom. The molecule has 106 valence electrons. The largest absolute Gasteiger partial charge is 0.375 e. The molecule has 2 saturated heterocycles. The average Bonchev–Trinajstić information content (AvgIpc) is 2.26. The first-order valence-electron chi connectivity index (χ1n) is 7.77. The molecule has 0 aromatic rings. The lowest BCUT2D eigenvalue weighted by Gasteiger charge is -2.50. The SMILES string of the molecule is CC1CC(CN)(N2CCCCCCC2)CC(C)O1. The lowest BCUT2D eigenvalue weighted by molar-refractivity contribution is -0.104. The summed E-state index contributed by atoms with van der Waals surface area (Å²) in [6.07, 6.45) is 9.78. The number of nitrogens with two attached hydrogens (primary N) is 1. The van der Waals surface area contributed by atoms with Crippen LogP contribution in [0.1, 0.15) is 58.8 Å². The third-order valence-corrected chi connectivity index (χ3v) is 4.71. The Hall–Kier alpha value is -0.120. The van der Waals surface area contributed by atoms with Gasteiger partial charge < -0.3 is 10.5 Å². The molecule has 2 atom stereocenters. The molecule has 0 aromatic heterocycles. The molecule has 2 N–H and O–H groups in total. The fourth-order valence-electron chi connectivity index (χ4n) is 3.92. The standard InChI is InChI=1S/C15H30N2O/c1-13-10-15(12-16,11-14(2)18-13)17-8-6-4-3-5-7-9-17/h13-14H,3-12,16H2,1-2H3. The second-order valence-corrected chi connectivity index (χ2v) is 6.35. The maximum atomic E-state index is 6.19. The molecule has 0 saturated carbocycles. The summed E-state index contributed by atoms with van der Waals surface area (Å²) in [6, 6.07) is 0. The molecule has 2 fully saturated rings. The smallest absolute Gasteiger partial charge is 0.0568 e. The van der Waals surface area contributed by atoms with E-state index in [0.717, 1.165) is 19.4 Å². The van der Waals surface area contributed by atoms with E-state index in [9.17, 15) is 0 Å². The molecule has 2 aliphatic rings. The van der Waals surface area contributed by atoms with Crippen molar-refractivity contribution in [3.05, 3.63) is 0 Å². The number of likely N-dealkylation sites (tertiary alicyclic amines) is 1. The quantitative estimate of drug-likeness (QED) is 0.823. The van der Waals surface area contributed by atoms with Gasteiger partial charge in [0, 0.05) is 12.1 Å². The summed E-state index contributed by atoms with van der Waals surface area (Å²) in [5, 5.41) is 0. The van der Waals surface area contributed by atoms with Gasteiger partial charge in [-0.15, -0.1) is 0 Å². The Balaban J connectivity index is 2.08. The highest BCUT2D eigenvalue weighted by molar-refractivity contribution is 4.98. The molecule has 3 nitrogen and oxygen atoms in total. The Morgan fingerprint density at radius 3 is 2.00 bits per heavy atom. The first-order valence-corrected chi connectivity index (χ1v) is 7.77. The van der Waals surface area contributed by atoms with Crippen molar-refractivity contribution in [1.29, 1.82) is 0 Å². The van der Waals surface area contributed by atoms with Crippen molar-refractivity contribution in [1.82, 2.24) is 4.90 Å². The van der Waals surface area contributed by atoms with Crippen molar-refractivity contribution in [2.24, 2.45) is 5.73 Å². The fraction of sp³-hybridized carbons (Fsp3) is 1.00. The van der Waals surface area contributed by atoms with Gasteiger partial charge in [-0.3, -0.25) is 4.90 Å². The van der Waals surface area contributed by atoms with Crippen molar-refractivity contribution in [2.75, 3.05) is 19.6 Å². The zero-order chi connectivity index (χ0) is 13.0. The van der Waals surface area contributed by atoms with Gasteiger partial charge in [-0.2, -0.15) is 0 Å². The second kappa shape index (κ2) is 6.36. The lowest BCUT2D eigenvalue weighted by atomic mass is 9.81. The van der Waals surface area contributed by atoms with Crippen LogP contribution < -0.4 is 5.73 Å². The topological polar surface area (TPSA) is 38.5 Å². The predicted molar refractivity (Wildman–Crippen MR) is 75.7 cm³/mol. The van der Waals surface area contributed by atoms with Crippen LogP contribution in [0.4, 0.5) is 0 Å². The van der Waals surface area contributed by atoms with Crippen LogP contribution in [0.15, 0.2) is 0 Å². The number of hydrogen-bond donors (Lipinski definition) is 1. The molecule has 3 heteroatoms. The summed E-state index contributed by atoms with van der Waals surface area (Å²) in [7, 11) is 0. The third-order valence-electron chi connectivity index (χ3n) is 4.71. The van der Waals surface area contributed by atoms with E-state index in [-0.39, 0.29) is 5.54 Å². The number of ether oxygens (including phenoxy) is 1. The van der Waals surface area contributed by atoms with Crippen molar-refractivity contribution < 1.29 is 4.74 Å². The van der Waals surface area contributed by atoms with E-state index < -0.39 is 0 Å². The monoisotopic (exact) mass is 254 g/mol. The van der Waals surface area contributed by atoms with Crippen molar-refractivity contribution in [3.63, 3.8) is 0 Å². The summed E-state index contributed by atoms with van der Waals surface area (Å²) in [5.41, 5.74) is 6.39. The van der Waals surface area contributed by atoms with Gasteiger partial charge in [-0.1, -0.05) is 19.3 Å². The third kappa shape index (κ3) is 3.25. The molecule has 0 spiro atoms. The minimum Gasteiger partial charge on any atom is -0.375 e. The molecular weight excluding hydrogens is 224 g/mol. The van der Waals surface area contributed by atoms with Crippen molar-refractivity contribution in [2.45, 2.75) is 76.5 Å². The number of hydrogen-bond acceptors (Lipinski definition) is 3. The average molecular weight is 254 g/mol. The van der Waals surface area contributed by atoms with Crippen LogP contribution in [0.25, 0.3) is 0 Å². The highest BCUT2D eigenvalue weighted by Gasteiger charge is 2.41. The molecule has 0 amide bonds. The van der Waals surface area contributed by atoms with Crippen LogP contribution >= 0.6 is 0 Å². The van der Waals surface area contributed by atoms with E-state index in [1.807, 2.05) is 0 Å². The van der Waals surface area contributed by atoms with Gasteiger partial charge in [0.1, 0.15) is 0 Å². The summed E-state index contributed by atoms with van der Waals surface area (Å²) >= 11 is 0. The molecule has 0 bridgehead atoms. The highest BCUT2D eigenvalue weighted by Crippen LogP contribution is 2.34. The van der Waals surface area contributed by atoms with Crippen molar-refractivity contribution >= 4 is 0 Å². The van der Waals surface area contributed by atoms with Crippen LogP contribution in [0.3, 0.4) is 0 Å². The molecule has 2 rings (SSSR count). The summed E-state index contributed by atoms with van der Waals surface area (Å²) < 4.78 is 5.91. The van der Waals surface area contributed by atoms with Crippen LogP contribution in [-0.4, -0.2) is 42.3 Å². The molecule has 2 heterocycles. The first kappa shape index (κ1) is 14.3. The van der Waals surface area contributed by atoms with Crippen LogP contribution in [-0.2, 0) is 4.74 Å². The van der Waals surface area contributed by atoms with E-state index in [4.69, 9.17) is 10.5 Å². The minimum atomic E-state index is 0.203. The Kier molecular flexibility index (Phi) is 5.05. The minimum absolute atomic E-state index is 0.203. The van der Waals surface area contributed by atoms with Crippen molar-refractivity contribution in [3.8, 4) is 0 Å². The maximum absolute atomic E-state index is 6.19. The fourth-order valence-corrected chi connectivity index (χ4v) is 3.92. The number of nitrogens with zero attached hydrogens (tertiary/aromatic N) is 1. The molecule has 2 unspecified atom stereocenters. The van der Waals surface area contributed by atoms with Crippen LogP contribution in [0.5, 0.6) is 0 Å². The highest BCUT2D eigenvalue weighted by atomic mass is 16.5. The van der Waals surface area contributed by atoms with Gasteiger partial charge in [0.2, 0.25) is 0 Å². The van der Waals surface area contributed by atoms with Crippen LogP contribution in [0.2, 0.25) is 0 Å². The molecule has 2 aliphatic heterocycles. The zero-order valence-corrected chi connectivity index (χ0v) is 12.2. The van der Waals surface area contributed by atoms with Crippen LogP contribution in [0, 0.1) is 0 Å². The van der Waals surface area contributed by atoms with Gasteiger partial charge in [0.25, 0.3) is 0 Å². The Morgan fingerprint density at radius 2 is 1.50 bits per heavy atom. The normalized spacial score (nSPS) is 40.2. The predicted octanol–water partition coefficient (Wildman–Crippen LogP) is 2.54. The first-order chi connectivity index (χ1) is 8.66. The van der Waals surface area contributed by atoms with Gasteiger partial charge in [-0.05, 0) is 52.6 Å². The van der Waals surface area contributed by atoms with Gasteiger partial charge in [-0.25, -0.2) is 0 Å².